The summed E-state index contributed by atoms with van der Waals surface area (Å²) in [5, 5.41) is 9.39. The van der Waals surface area contributed by atoms with Crippen LogP contribution in [0.25, 0.3) is 0 Å². The summed E-state index contributed by atoms with van der Waals surface area (Å²) in [7, 11) is 0. The van der Waals surface area contributed by atoms with Crippen LogP contribution in [0.5, 0.6) is 5.75 Å². The van der Waals surface area contributed by atoms with E-state index in [1.807, 2.05) is 12.1 Å². The molecule has 86 valence electrons. The number of nitrogens with zero attached hydrogens (tertiary/aromatic N) is 1. The van der Waals surface area contributed by atoms with E-state index in [2.05, 4.69) is 4.90 Å². The van der Waals surface area contributed by atoms with Crippen molar-refractivity contribution in [3.8, 4) is 5.75 Å². The van der Waals surface area contributed by atoms with Gasteiger partial charge in [-0.1, -0.05) is 24.4 Å². The van der Waals surface area contributed by atoms with Crippen molar-refractivity contribution in [2.75, 3.05) is 6.54 Å². The standard InChI is InChI=1S/C12H16N2OS/c13-12(16)11-5-2-6-14(11)8-9-3-1-4-10(15)7-9/h1,3-4,7,11,15H,2,5-6,8H2,(H2,13,16). The second-order valence-corrected chi connectivity index (χ2v) is 4.67. The molecule has 1 heterocycles. The van der Waals surface area contributed by atoms with Gasteiger partial charge in [-0.2, -0.15) is 0 Å². The summed E-state index contributed by atoms with van der Waals surface area (Å²) < 4.78 is 0. The molecule has 0 radical (unpaired) electrons. The Morgan fingerprint density at radius 2 is 2.38 bits per heavy atom. The van der Waals surface area contributed by atoms with Crippen molar-refractivity contribution < 1.29 is 5.11 Å². The Morgan fingerprint density at radius 3 is 3.06 bits per heavy atom. The first-order valence-corrected chi connectivity index (χ1v) is 5.89. The average Bonchev–Trinajstić information content (AvgIpc) is 2.66. The number of benzene rings is 1. The van der Waals surface area contributed by atoms with Crippen LogP contribution in [0.3, 0.4) is 0 Å². The van der Waals surface area contributed by atoms with E-state index in [0.717, 1.165) is 31.5 Å². The number of rotatable bonds is 3. The van der Waals surface area contributed by atoms with E-state index in [-0.39, 0.29) is 6.04 Å². The Labute approximate surface area is 101 Å². The van der Waals surface area contributed by atoms with Crippen LogP contribution in [-0.4, -0.2) is 27.6 Å². The molecule has 1 saturated heterocycles. The predicted molar refractivity (Wildman–Crippen MR) is 68.3 cm³/mol. The van der Waals surface area contributed by atoms with Crippen molar-refractivity contribution in [3.63, 3.8) is 0 Å². The lowest BCUT2D eigenvalue weighted by Gasteiger charge is -2.23. The summed E-state index contributed by atoms with van der Waals surface area (Å²) in [5.41, 5.74) is 6.81. The fourth-order valence-electron chi connectivity index (χ4n) is 2.23. The van der Waals surface area contributed by atoms with Crippen LogP contribution in [0.2, 0.25) is 0 Å². The maximum atomic E-state index is 9.39. The van der Waals surface area contributed by atoms with Gasteiger partial charge in [0.2, 0.25) is 0 Å². The van der Waals surface area contributed by atoms with Crippen LogP contribution >= 0.6 is 12.2 Å². The van der Waals surface area contributed by atoms with Gasteiger partial charge in [-0.15, -0.1) is 0 Å². The second kappa shape index (κ2) is 4.80. The first kappa shape index (κ1) is 11.4. The van der Waals surface area contributed by atoms with Gasteiger partial charge in [0.15, 0.2) is 0 Å². The molecule has 0 bridgehead atoms. The molecule has 1 aliphatic heterocycles. The topological polar surface area (TPSA) is 49.5 Å². The molecule has 0 saturated carbocycles. The van der Waals surface area contributed by atoms with Gasteiger partial charge in [0.25, 0.3) is 0 Å². The molecular weight excluding hydrogens is 220 g/mol. The van der Waals surface area contributed by atoms with E-state index in [9.17, 15) is 5.11 Å². The highest BCUT2D eigenvalue weighted by Crippen LogP contribution is 2.21. The summed E-state index contributed by atoms with van der Waals surface area (Å²) in [6, 6.07) is 7.55. The summed E-state index contributed by atoms with van der Waals surface area (Å²) in [6.07, 6.45) is 2.19. The normalized spacial score (nSPS) is 21.1. The smallest absolute Gasteiger partial charge is 0.115 e. The van der Waals surface area contributed by atoms with E-state index in [4.69, 9.17) is 18.0 Å². The Hall–Kier alpha value is -1.13. The fraction of sp³-hybridized carbons (Fsp3) is 0.417. The highest BCUT2D eigenvalue weighted by atomic mass is 32.1. The Bertz CT molecular complexity index is 394. The van der Waals surface area contributed by atoms with Gasteiger partial charge in [-0.25, -0.2) is 0 Å². The van der Waals surface area contributed by atoms with Gasteiger partial charge in [-0.05, 0) is 37.1 Å². The Kier molecular flexibility index (Phi) is 3.41. The van der Waals surface area contributed by atoms with Crippen molar-refractivity contribution in [2.24, 2.45) is 5.73 Å². The third kappa shape index (κ3) is 2.51. The van der Waals surface area contributed by atoms with Crippen LogP contribution < -0.4 is 5.73 Å². The molecule has 0 spiro atoms. The SMILES string of the molecule is NC(=S)C1CCCN1Cc1cccc(O)c1. The number of thiocarbonyl (C=S) groups is 1. The van der Waals surface area contributed by atoms with Crippen LogP contribution in [0.1, 0.15) is 18.4 Å². The van der Waals surface area contributed by atoms with Gasteiger partial charge in [0, 0.05) is 6.54 Å². The molecule has 1 aromatic rings. The van der Waals surface area contributed by atoms with Gasteiger partial charge in [0.1, 0.15) is 5.75 Å². The zero-order chi connectivity index (χ0) is 11.5. The monoisotopic (exact) mass is 236 g/mol. The highest BCUT2D eigenvalue weighted by Gasteiger charge is 2.26. The Balaban J connectivity index is 2.06. The van der Waals surface area contributed by atoms with Crippen molar-refractivity contribution in [1.82, 2.24) is 4.90 Å². The minimum atomic E-state index is 0.220. The van der Waals surface area contributed by atoms with Gasteiger partial charge >= 0.3 is 0 Å². The molecule has 16 heavy (non-hydrogen) atoms. The molecule has 1 aromatic carbocycles. The second-order valence-electron chi connectivity index (χ2n) is 4.20. The Morgan fingerprint density at radius 1 is 1.56 bits per heavy atom. The van der Waals surface area contributed by atoms with E-state index >= 15 is 0 Å². The quantitative estimate of drug-likeness (QED) is 0.783. The van der Waals surface area contributed by atoms with E-state index < -0.39 is 0 Å². The number of likely N-dealkylation sites (tertiary alicyclic amines) is 1. The molecule has 3 nitrogen and oxygen atoms in total. The number of hydrogen-bond donors (Lipinski definition) is 2. The molecule has 1 fully saturated rings. The molecule has 0 aromatic heterocycles. The van der Waals surface area contributed by atoms with Gasteiger partial charge in [-0.3, -0.25) is 4.90 Å². The van der Waals surface area contributed by atoms with E-state index in [0.29, 0.717) is 10.7 Å². The summed E-state index contributed by atoms with van der Waals surface area (Å²) in [5.74, 6) is 0.309. The number of phenolic OH excluding ortho intramolecular Hbond substituents is 1. The molecule has 0 aliphatic carbocycles. The van der Waals surface area contributed by atoms with Crippen LogP contribution in [0.4, 0.5) is 0 Å². The van der Waals surface area contributed by atoms with Crippen LogP contribution in [0.15, 0.2) is 24.3 Å². The maximum Gasteiger partial charge on any atom is 0.115 e. The van der Waals surface area contributed by atoms with E-state index in [1.165, 1.54) is 0 Å². The van der Waals surface area contributed by atoms with Gasteiger partial charge < -0.3 is 10.8 Å². The van der Waals surface area contributed by atoms with Crippen LogP contribution in [0, 0.1) is 0 Å². The molecule has 1 aliphatic rings. The third-order valence-corrected chi connectivity index (χ3v) is 3.26. The molecule has 4 heteroatoms. The minimum Gasteiger partial charge on any atom is -0.508 e. The lowest BCUT2D eigenvalue weighted by molar-refractivity contribution is 0.295. The lowest BCUT2D eigenvalue weighted by atomic mass is 10.1. The molecule has 1 unspecified atom stereocenters. The summed E-state index contributed by atoms with van der Waals surface area (Å²) in [4.78, 5) is 2.86. The van der Waals surface area contributed by atoms with Crippen molar-refractivity contribution in [3.05, 3.63) is 29.8 Å². The van der Waals surface area contributed by atoms with Crippen molar-refractivity contribution >= 4 is 17.2 Å². The molecule has 1 atom stereocenters. The average molecular weight is 236 g/mol. The van der Waals surface area contributed by atoms with Crippen molar-refractivity contribution in [2.45, 2.75) is 25.4 Å². The molecule has 0 amide bonds. The minimum absolute atomic E-state index is 0.220. The first-order valence-electron chi connectivity index (χ1n) is 5.48. The summed E-state index contributed by atoms with van der Waals surface area (Å²) >= 11 is 5.06. The summed E-state index contributed by atoms with van der Waals surface area (Å²) in [6.45, 7) is 1.83. The van der Waals surface area contributed by atoms with Crippen molar-refractivity contribution in [1.29, 1.82) is 0 Å². The largest absolute Gasteiger partial charge is 0.508 e. The molecular formula is C12H16N2OS. The zero-order valence-electron chi connectivity index (χ0n) is 9.10. The van der Waals surface area contributed by atoms with Gasteiger partial charge in [0.05, 0.1) is 11.0 Å². The van der Waals surface area contributed by atoms with E-state index in [1.54, 1.807) is 12.1 Å². The number of phenols is 1. The highest BCUT2D eigenvalue weighted by molar-refractivity contribution is 7.80. The number of hydrogen-bond acceptors (Lipinski definition) is 3. The zero-order valence-corrected chi connectivity index (χ0v) is 9.91. The number of nitrogens with two attached hydrogens (primary N) is 1. The maximum absolute atomic E-state index is 9.39. The number of aromatic hydroxyl groups is 1. The first-order chi connectivity index (χ1) is 7.66. The lowest BCUT2D eigenvalue weighted by Crippen LogP contribution is -2.38. The molecule has 2 rings (SSSR count). The third-order valence-electron chi connectivity index (χ3n) is 2.99. The van der Waals surface area contributed by atoms with Crippen LogP contribution in [-0.2, 0) is 6.54 Å². The fourth-order valence-corrected chi connectivity index (χ4v) is 2.49. The predicted octanol–water partition coefficient (Wildman–Crippen LogP) is 1.64. The molecule has 3 N–H and O–H groups in total.